The number of rotatable bonds is 2. The number of hydrogen-bond acceptors (Lipinski definition) is 2. The Morgan fingerprint density at radius 2 is 2.00 bits per heavy atom. The van der Waals surface area contributed by atoms with Crippen LogP contribution in [-0.2, 0) is 5.41 Å². The fourth-order valence-corrected chi connectivity index (χ4v) is 2.69. The average Bonchev–Trinajstić information content (AvgIpc) is 2.74. The van der Waals surface area contributed by atoms with E-state index in [2.05, 4.69) is 51.2 Å². The molecule has 2 nitrogen and oxygen atoms in total. The van der Waals surface area contributed by atoms with Crippen LogP contribution in [0.15, 0.2) is 18.2 Å². The van der Waals surface area contributed by atoms with E-state index in [4.69, 9.17) is 4.74 Å². The molecule has 0 aromatic heterocycles. The second-order valence-electron chi connectivity index (χ2n) is 6.51. The topological polar surface area (TPSA) is 21.3 Å². The van der Waals surface area contributed by atoms with Crippen LogP contribution in [0.2, 0.25) is 0 Å². The Hall–Kier alpha value is -1.02. The molecule has 0 spiro atoms. The Morgan fingerprint density at radius 3 is 2.50 bits per heavy atom. The largest absolute Gasteiger partial charge is 0.496 e. The molecule has 0 aliphatic carbocycles. The highest BCUT2D eigenvalue weighted by molar-refractivity contribution is 5.42. The summed E-state index contributed by atoms with van der Waals surface area (Å²) < 4.78 is 5.49. The third-order valence-electron chi connectivity index (χ3n) is 3.78. The van der Waals surface area contributed by atoms with E-state index in [0.717, 1.165) is 18.2 Å². The Bertz CT molecular complexity index is 420. The predicted molar refractivity (Wildman–Crippen MR) is 76.2 cm³/mol. The van der Waals surface area contributed by atoms with Gasteiger partial charge in [-0.1, -0.05) is 39.8 Å². The minimum absolute atomic E-state index is 0.117. The third kappa shape index (κ3) is 2.69. The molecule has 0 radical (unpaired) electrons. The van der Waals surface area contributed by atoms with E-state index >= 15 is 0 Å². The molecular formula is C16H25NO. The first-order valence-electron chi connectivity index (χ1n) is 6.83. The van der Waals surface area contributed by atoms with Crippen molar-refractivity contribution in [3.8, 4) is 5.75 Å². The lowest BCUT2D eigenvalue weighted by Crippen LogP contribution is -2.17. The van der Waals surface area contributed by atoms with Crippen molar-refractivity contribution in [2.24, 2.45) is 5.92 Å². The van der Waals surface area contributed by atoms with Crippen molar-refractivity contribution in [1.82, 2.24) is 5.32 Å². The maximum absolute atomic E-state index is 5.49. The maximum Gasteiger partial charge on any atom is 0.122 e. The minimum Gasteiger partial charge on any atom is -0.496 e. The summed E-state index contributed by atoms with van der Waals surface area (Å²) in [4.78, 5) is 0. The van der Waals surface area contributed by atoms with Crippen molar-refractivity contribution in [2.75, 3.05) is 13.7 Å². The van der Waals surface area contributed by atoms with Crippen LogP contribution >= 0.6 is 0 Å². The normalized spacial score (nSPS) is 24.3. The van der Waals surface area contributed by atoms with E-state index < -0.39 is 0 Å². The van der Waals surface area contributed by atoms with Crippen molar-refractivity contribution in [3.05, 3.63) is 29.3 Å². The molecule has 0 saturated carbocycles. The SMILES string of the molecule is COc1ccc(C2CC(C)CN2)cc1C(C)(C)C. The van der Waals surface area contributed by atoms with Gasteiger partial charge in [-0.05, 0) is 41.5 Å². The molecule has 1 aromatic carbocycles. The molecule has 1 heterocycles. The van der Waals surface area contributed by atoms with Crippen molar-refractivity contribution in [3.63, 3.8) is 0 Å². The molecule has 100 valence electrons. The first-order valence-corrected chi connectivity index (χ1v) is 6.83. The zero-order valence-electron chi connectivity index (χ0n) is 12.2. The molecule has 1 aliphatic heterocycles. The van der Waals surface area contributed by atoms with Crippen LogP contribution in [0.4, 0.5) is 0 Å². The molecular weight excluding hydrogens is 222 g/mol. The van der Waals surface area contributed by atoms with E-state index in [1.807, 2.05) is 0 Å². The van der Waals surface area contributed by atoms with Gasteiger partial charge in [0.2, 0.25) is 0 Å². The van der Waals surface area contributed by atoms with Gasteiger partial charge in [-0.3, -0.25) is 0 Å². The van der Waals surface area contributed by atoms with Crippen LogP contribution in [0.25, 0.3) is 0 Å². The second kappa shape index (κ2) is 4.93. The molecule has 2 heteroatoms. The lowest BCUT2D eigenvalue weighted by Gasteiger charge is -2.24. The highest BCUT2D eigenvalue weighted by Crippen LogP contribution is 2.35. The van der Waals surface area contributed by atoms with Gasteiger partial charge in [-0.2, -0.15) is 0 Å². The summed E-state index contributed by atoms with van der Waals surface area (Å²) in [6.07, 6.45) is 1.23. The fraction of sp³-hybridized carbons (Fsp3) is 0.625. The van der Waals surface area contributed by atoms with Gasteiger partial charge in [0, 0.05) is 6.04 Å². The zero-order valence-corrected chi connectivity index (χ0v) is 12.2. The Kier molecular flexibility index (Phi) is 3.67. The third-order valence-corrected chi connectivity index (χ3v) is 3.78. The molecule has 18 heavy (non-hydrogen) atoms. The summed E-state index contributed by atoms with van der Waals surface area (Å²) in [5.41, 5.74) is 2.81. The van der Waals surface area contributed by atoms with Crippen molar-refractivity contribution in [1.29, 1.82) is 0 Å². The van der Waals surface area contributed by atoms with Gasteiger partial charge in [0.1, 0.15) is 5.75 Å². The fourth-order valence-electron chi connectivity index (χ4n) is 2.69. The molecule has 1 fully saturated rings. The molecule has 1 aliphatic rings. The van der Waals surface area contributed by atoms with Crippen LogP contribution < -0.4 is 10.1 Å². The number of benzene rings is 1. The smallest absolute Gasteiger partial charge is 0.122 e. The Labute approximate surface area is 111 Å². The number of nitrogens with one attached hydrogen (secondary N) is 1. The van der Waals surface area contributed by atoms with Gasteiger partial charge in [0.15, 0.2) is 0 Å². The van der Waals surface area contributed by atoms with E-state index in [1.54, 1.807) is 7.11 Å². The highest BCUT2D eigenvalue weighted by Gasteiger charge is 2.25. The summed E-state index contributed by atoms with van der Waals surface area (Å²) in [5, 5.41) is 3.60. The standard InChI is InChI=1S/C16H25NO/c1-11-8-14(17-10-11)12-6-7-15(18-5)13(9-12)16(2,3)4/h6-7,9,11,14,17H,8,10H2,1-5H3. The number of hydrogen-bond donors (Lipinski definition) is 1. The first-order chi connectivity index (χ1) is 8.41. The van der Waals surface area contributed by atoms with E-state index in [-0.39, 0.29) is 5.41 Å². The first kappa shape index (κ1) is 13.4. The maximum atomic E-state index is 5.49. The van der Waals surface area contributed by atoms with Crippen LogP contribution in [0.1, 0.15) is 51.3 Å². The lowest BCUT2D eigenvalue weighted by atomic mass is 9.84. The van der Waals surface area contributed by atoms with Gasteiger partial charge >= 0.3 is 0 Å². The summed E-state index contributed by atoms with van der Waals surface area (Å²) >= 11 is 0. The summed E-state index contributed by atoms with van der Waals surface area (Å²) in [6, 6.07) is 7.13. The monoisotopic (exact) mass is 247 g/mol. The van der Waals surface area contributed by atoms with Gasteiger partial charge in [-0.15, -0.1) is 0 Å². The highest BCUT2D eigenvalue weighted by atomic mass is 16.5. The van der Waals surface area contributed by atoms with Crippen LogP contribution in [0.5, 0.6) is 5.75 Å². The van der Waals surface area contributed by atoms with Crippen LogP contribution in [-0.4, -0.2) is 13.7 Å². The Balaban J connectivity index is 2.34. The van der Waals surface area contributed by atoms with Gasteiger partial charge in [-0.25, -0.2) is 0 Å². The summed E-state index contributed by atoms with van der Waals surface area (Å²) in [6.45, 7) is 10.1. The minimum atomic E-state index is 0.117. The van der Waals surface area contributed by atoms with E-state index in [0.29, 0.717) is 6.04 Å². The molecule has 1 aromatic rings. The lowest BCUT2D eigenvalue weighted by molar-refractivity contribution is 0.397. The molecule has 1 N–H and O–H groups in total. The van der Waals surface area contributed by atoms with E-state index in [1.165, 1.54) is 17.5 Å². The molecule has 2 rings (SSSR count). The molecule has 2 atom stereocenters. The molecule has 0 bridgehead atoms. The van der Waals surface area contributed by atoms with Crippen LogP contribution in [0, 0.1) is 5.92 Å². The summed E-state index contributed by atoms with van der Waals surface area (Å²) in [7, 11) is 1.75. The number of methoxy groups -OCH3 is 1. The van der Waals surface area contributed by atoms with Crippen molar-refractivity contribution >= 4 is 0 Å². The zero-order chi connectivity index (χ0) is 13.3. The van der Waals surface area contributed by atoms with E-state index in [9.17, 15) is 0 Å². The quantitative estimate of drug-likeness (QED) is 0.861. The Morgan fingerprint density at radius 1 is 1.28 bits per heavy atom. The van der Waals surface area contributed by atoms with Gasteiger partial charge in [0.25, 0.3) is 0 Å². The summed E-state index contributed by atoms with van der Waals surface area (Å²) in [5.74, 6) is 1.77. The molecule has 2 unspecified atom stereocenters. The molecule has 1 saturated heterocycles. The van der Waals surface area contributed by atoms with Crippen molar-refractivity contribution in [2.45, 2.75) is 45.6 Å². The van der Waals surface area contributed by atoms with Gasteiger partial charge < -0.3 is 10.1 Å². The number of ether oxygens (including phenoxy) is 1. The van der Waals surface area contributed by atoms with Crippen molar-refractivity contribution < 1.29 is 4.74 Å². The predicted octanol–water partition coefficient (Wildman–Crippen LogP) is 3.66. The average molecular weight is 247 g/mol. The van der Waals surface area contributed by atoms with Gasteiger partial charge in [0.05, 0.1) is 7.11 Å². The molecule has 0 amide bonds. The van der Waals surface area contributed by atoms with Crippen LogP contribution in [0.3, 0.4) is 0 Å². The second-order valence-corrected chi connectivity index (χ2v) is 6.51.